The van der Waals surface area contributed by atoms with Gasteiger partial charge in [-0.3, -0.25) is 4.79 Å². The number of ether oxygens (including phenoxy) is 1. The highest BCUT2D eigenvalue weighted by molar-refractivity contribution is 9.10. The van der Waals surface area contributed by atoms with Crippen LogP contribution in [0.2, 0.25) is 0 Å². The van der Waals surface area contributed by atoms with E-state index in [0.717, 1.165) is 53.1 Å². The third-order valence-corrected chi connectivity index (χ3v) is 5.11. The minimum atomic E-state index is -0.134. The highest BCUT2D eigenvalue weighted by atomic mass is 79.9. The van der Waals surface area contributed by atoms with Gasteiger partial charge in [0.1, 0.15) is 19.6 Å². The van der Waals surface area contributed by atoms with Crippen LogP contribution in [0.15, 0.2) is 59.1 Å². The molecule has 0 spiro atoms. The second-order valence-corrected chi connectivity index (χ2v) is 7.83. The summed E-state index contributed by atoms with van der Waals surface area (Å²) in [5.41, 5.74) is 3.06. The Morgan fingerprint density at radius 3 is 2.56 bits per heavy atom. The summed E-state index contributed by atoms with van der Waals surface area (Å²) in [5, 5.41) is 2.90. The molecule has 27 heavy (non-hydrogen) atoms. The summed E-state index contributed by atoms with van der Waals surface area (Å²) in [7, 11) is 2.27. The molecule has 0 radical (unpaired) electrons. The Kier molecular flexibility index (Phi) is 8.05. The lowest BCUT2D eigenvalue weighted by atomic mass is 10.1. The number of anilines is 1. The molecule has 2 aromatic carbocycles. The minimum Gasteiger partial charge on any atom is -1.00 e. The summed E-state index contributed by atoms with van der Waals surface area (Å²) in [4.78, 5) is 12.1. The molecule has 0 aliphatic carbocycles. The van der Waals surface area contributed by atoms with Crippen LogP contribution in [0.1, 0.15) is 11.1 Å². The lowest BCUT2D eigenvalue weighted by molar-refractivity contribution is -0.929. The fraction of sp³-hybridized carbons (Fsp3) is 0.286. The third-order valence-electron chi connectivity index (χ3n) is 4.61. The molecule has 2 aromatic rings. The summed E-state index contributed by atoms with van der Waals surface area (Å²) in [6, 6.07) is 15.9. The molecule has 4 nitrogen and oxygen atoms in total. The van der Waals surface area contributed by atoms with Crippen molar-refractivity contribution < 1.29 is 26.4 Å². The van der Waals surface area contributed by atoms with Crippen molar-refractivity contribution >= 4 is 33.6 Å². The molecule has 1 aliphatic heterocycles. The Morgan fingerprint density at radius 1 is 1.19 bits per heavy atom. The van der Waals surface area contributed by atoms with E-state index in [2.05, 4.69) is 40.4 Å². The number of amides is 1. The summed E-state index contributed by atoms with van der Waals surface area (Å²) >= 11 is 3.43. The van der Waals surface area contributed by atoms with Gasteiger partial charge in [-0.1, -0.05) is 40.2 Å². The van der Waals surface area contributed by atoms with Crippen LogP contribution in [-0.2, 0) is 16.1 Å². The van der Waals surface area contributed by atoms with E-state index in [4.69, 9.17) is 4.74 Å². The highest BCUT2D eigenvalue weighted by Crippen LogP contribution is 2.17. The van der Waals surface area contributed by atoms with Gasteiger partial charge in [0, 0.05) is 21.8 Å². The van der Waals surface area contributed by atoms with Gasteiger partial charge in [0.2, 0.25) is 5.91 Å². The van der Waals surface area contributed by atoms with Crippen molar-refractivity contribution in [2.75, 3.05) is 38.7 Å². The van der Waals surface area contributed by atoms with E-state index in [0.29, 0.717) is 0 Å². The van der Waals surface area contributed by atoms with Crippen LogP contribution in [0.3, 0.4) is 0 Å². The molecular formula is C21H24BrClN2O2. The third kappa shape index (κ3) is 6.78. The van der Waals surface area contributed by atoms with E-state index >= 15 is 0 Å². The zero-order valence-electron chi connectivity index (χ0n) is 15.3. The molecule has 0 bridgehead atoms. The van der Waals surface area contributed by atoms with Gasteiger partial charge in [-0.25, -0.2) is 0 Å². The quantitative estimate of drug-likeness (QED) is 0.546. The van der Waals surface area contributed by atoms with Crippen molar-refractivity contribution in [1.29, 1.82) is 0 Å². The molecule has 144 valence electrons. The largest absolute Gasteiger partial charge is 1.00 e. The van der Waals surface area contributed by atoms with Crippen LogP contribution in [0.5, 0.6) is 0 Å². The minimum absolute atomic E-state index is 0. The van der Waals surface area contributed by atoms with E-state index in [-0.39, 0.29) is 18.3 Å². The number of halogens is 2. The van der Waals surface area contributed by atoms with Crippen molar-refractivity contribution in [3.8, 4) is 0 Å². The van der Waals surface area contributed by atoms with Crippen molar-refractivity contribution in [1.82, 2.24) is 0 Å². The number of quaternary nitrogens is 1. The number of nitrogens with one attached hydrogen (secondary N) is 1. The second-order valence-electron chi connectivity index (χ2n) is 6.91. The van der Waals surface area contributed by atoms with Crippen molar-refractivity contribution in [2.24, 2.45) is 0 Å². The number of carbonyl (C=O) groups is 1. The summed E-state index contributed by atoms with van der Waals surface area (Å²) in [5.74, 6) is -0.134. The van der Waals surface area contributed by atoms with Gasteiger partial charge in [0.05, 0.1) is 20.3 Å². The van der Waals surface area contributed by atoms with E-state index in [1.165, 1.54) is 5.56 Å². The second kappa shape index (κ2) is 10.0. The Bertz CT molecular complexity index is 787. The molecule has 1 heterocycles. The summed E-state index contributed by atoms with van der Waals surface area (Å²) < 4.78 is 7.45. The van der Waals surface area contributed by atoms with Crippen LogP contribution < -0.4 is 17.7 Å². The van der Waals surface area contributed by atoms with Crippen molar-refractivity contribution in [3.63, 3.8) is 0 Å². The van der Waals surface area contributed by atoms with Crippen LogP contribution in [0.25, 0.3) is 6.08 Å². The molecule has 1 saturated heterocycles. The maximum absolute atomic E-state index is 12.1. The lowest BCUT2D eigenvalue weighted by Gasteiger charge is -2.37. The summed E-state index contributed by atoms with van der Waals surface area (Å²) in [6.45, 7) is 4.72. The molecular weight excluding hydrogens is 428 g/mol. The number of morpholine rings is 1. The van der Waals surface area contributed by atoms with E-state index in [9.17, 15) is 4.79 Å². The zero-order valence-corrected chi connectivity index (χ0v) is 17.7. The van der Waals surface area contributed by atoms with Gasteiger partial charge in [-0.15, -0.1) is 0 Å². The van der Waals surface area contributed by atoms with Crippen molar-refractivity contribution in [3.05, 3.63) is 70.2 Å². The molecule has 0 aromatic heterocycles. The number of carbonyl (C=O) groups excluding carboxylic acids is 1. The molecule has 1 N–H and O–H groups in total. The first-order chi connectivity index (χ1) is 12.5. The van der Waals surface area contributed by atoms with E-state index < -0.39 is 0 Å². The first-order valence-corrected chi connectivity index (χ1v) is 9.57. The zero-order chi connectivity index (χ0) is 18.4. The lowest BCUT2D eigenvalue weighted by Crippen LogP contribution is -3.00. The van der Waals surface area contributed by atoms with Gasteiger partial charge in [0.15, 0.2) is 0 Å². The van der Waals surface area contributed by atoms with Gasteiger partial charge >= 0.3 is 0 Å². The molecule has 0 atom stereocenters. The molecule has 0 unspecified atom stereocenters. The Balaban J connectivity index is 0.00000261. The van der Waals surface area contributed by atoms with Crippen LogP contribution in [0, 0.1) is 0 Å². The average molecular weight is 452 g/mol. The molecule has 1 fully saturated rings. The monoisotopic (exact) mass is 450 g/mol. The maximum Gasteiger partial charge on any atom is 0.248 e. The van der Waals surface area contributed by atoms with Gasteiger partial charge in [0.25, 0.3) is 0 Å². The van der Waals surface area contributed by atoms with Crippen LogP contribution in [-0.4, -0.2) is 43.7 Å². The first-order valence-electron chi connectivity index (χ1n) is 8.77. The van der Waals surface area contributed by atoms with Gasteiger partial charge in [-0.05, 0) is 35.9 Å². The number of hydrogen-bond acceptors (Lipinski definition) is 2. The first kappa shape index (κ1) is 21.6. The normalized spacial score (nSPS) is 15.9. The van der Waals surface area contributed by atoms with Crippen molar-refractivity contribution in [2.45, 2.75) is 6.54 Å². The standard InChI is InChI=1S/C21H23BrN2O2.ClH/c1-24(11-13-26-14-12-24)16-18-5-8-20(9-6-18)23-21(25)10-7-17-3-2-4-19(22)15-17;/h2-10,15H,11-14,16H2,1H3;1H/b10-7+;. The topological polar surface area (TPSA) is 38.3 Å². The summed E-state index contributed by atoms with van der Waals surface area (Å²) in [6.07, 6.45) is 3.35. The highest BCUT2D eigenvalue weighted by Gasteiger charge is 2.25. The Labute approximate surface area is 175 Å². The SMILES string of the molecule is C[N+]1(Cc2ccc(NC(=O)/C=C/c3cccc(Br)c3)cc2)CCOCC1.[Cl-]. The van der Waals surface area contributed by atoms with Gasteiger partial charge in [-0.2, -0.15) is 0 Å². The van der Waals surface area contributed by atoms with Gasteiger partial charge < -0.3 is 26.9 Å². The van der Waals surface area contributed by atoms with Crippen LogP contribution >= 0.6 is 15.9 Å². The number of benzene rings is 2. The Morgan fingerprint density at radius 2 is 1.89 bits per heavy atom. The number of nitrogens with zero attached hydrogens (tertiary/aromatic N) is 1. The predicted molar refractivity (Wildman–Crippen MR) is 109 cm³/mol. The smallest absolute Gasteiger partial charge is 0.248 e. The fourth-order valence-corrected chi connectivity index (χ4v) is 3.46. The van der Waals surface area contributed by atoms with Crippen LogP contribution in [0.4, 0.5) is 5.69 Å². The Hall–Kier alpha value is -1.66. The fourth-order valence-electron chi connectivity index (χ4n) is 3.04. The molecule has 3 rings (SSSR count). The molecule has 1 aliphatic rings. The number of hydrogen-bond donors (Lipinski definition) is 1. The average Bonchev–Trinajstić information content (AvgIpc) is 2.62. The molecule has 6 heteroatoms. The molecule has 0 saturated carbocycles. The number of likely N-dealkylation sites (N-methyl/N-ethyl adjacent to an activating group) is 1. The van der Waals surface area contributed by atoms with E-state index in [1.807, 2.05) is 36.4 Å². The predicted octanol–water partition coefficient (Wildman–Crippen LogP) is 1.08. The molecule has 1 amide bonds. The number of rotatable bonds is 5. The maximum atomic E-state index is 12.1. The van der Waals surface area contributed by atoms with E-state index in [1.54, 1.807) is 12.2 Å².